The van der Waals surface area contributed by atoms with E-state index < -0.39 is 30.1 Å². The molecule has 2 amide bonds. The van der Waals surface area contributed by atoms with Gasteiger partial charge in [0.1, 0.15) is 23.6 Å². The number of benzene rings is 3. The standard InChI is InChI=1S/C30H30N4O6/c1-18-26(32-30(39)40-19(2)21-7-5-4-6-8-21)27(33-34(18)3)22-11-13-23(14-12-22)28(36)31-25(29(37)38)17-20-9-15-24(35)16-10-20/h4-16,19,25,35H,17H2,1-3H3,(H,31,36)(H,32,39)(H,37,38). The second-order valence-electron chi connectivity index (χ2n) is 9.33. The first-order valence-corrected chi connectivity index (χ1v) is 12.6. The molecular formula is C30H30N4O6. The van der Waals surface area contributed by atoms with Crippen LogP contribution in [-0.4, -0.2) is 44.0 Å². The van der Waals surface area contributed by atoms with E-state index in [4.69, 9.17) is 4.74 Å². The van der Waals surface area contributed by atoms with E-state index in [1.807, 2.05) is 37.3 Å². The molecule has 3 aromatic carbocycles. The molecular weight excluding hydrogens is 512 g/mol. The van der Waals surface area contributed by atoms with Crippen LogP contribution in [0.1, 0.15) is 40.2 Å². The molecule has 0 aliphatic rings. The number of aromatic nitrogens is 2. The van der Waals surface area contributed by atoms with Crippen molar-refractivity contribution in [1.82, 2.24) is 15.1 Å². The third kappa shape index (κ3) is 6.65. The molecule has 4 aromatic rings. The number of anilines is 1. The Kier molecular flexibility index (Phi) is 8.48. The highest BCUT2D eigenvalue weighted by molar-refractivity contribution is 5.97. The van der Waals surface area contributed by atoms with E-state index in [1.165, 1.54) is 12.1 Å². The summed E-state index contributed by atoms with van der Waals surface area (Å²) in [7, 11) is 1.75. The first-order valence-electron chi connectivity index (χ1n) is 12.6. The van der Waals surface area contributed by atoms with Gasteiger partial charge in [-0.2, -0.15) is 5.10 Å². The lowest BCUT2D eigenvalue weighted by atomic mass is 10.0. The van der Waals surface area contributed by atoms with Crippen molar-refractivity contribution in [2.75, 3.05) is 5.32 Å². The predicted octanol–water partition coefficient (Wildman–Crippen LogP) is 4.84. The minimum atomic E-state index is -1.17. The monoisotopic (exact) mass is 542 g/mol. The number of aromatic hydroxyl groups is 1. The fourth-order valence-corrected chi connectivity index (χ4v) is 4.13. The molecule has 4 rings (SSSR count). The second kappa shape index (κ2) is 12.2. The molecule has 0 aliphatic carbocycles. The number of rotatable bonds is 9. The molecule has 0 fully saturated rings. The Morgan fingerprint density at radius 2 is 1.62 bits per heavy atom. The highest BCUT2D eigenvalue weighted by Crippen LogP contribution is 2.30. The number of phenolic OH excluding ortho intramolecular Hbond substituents is 1. The lowest BCUT2D eigenvalue weighted by Gasteiger charge is -2.15. The van der Waals surface area contributed by atoms with Crippen molar-refractivity contribution >= 4 is 23.7 Å². The van der Waals surface area contributed by atoms with Crippen LogP contribution in [-0.2, 0) is 23.0 Å². The SMILES string of the molecule is Cc1c(NC(=O)OC(C)c2ccccc2)c(-c2ccc(C(=O)NC(Cc3ccc(O)cc3)C(=O)O)cc2)nn1C. The number of carboxylic acids is 1. The van der Waals surface area contributed by atoms with Crippen molar-refractivity contribution in [2.45, 2.75) is 32.4 Å². The van der Waals surface area contributed by atoms with Crippen LogP contribution in [0.15, 0.2) is 78.9 Å². The first kappa shape index (κ1) is 27.9. The summed E-state index contributed by atoms with van der Waals surface area (Å²) in [5, 5.41) is 28.9. The average molecular weight is 543 g/mol. The van der Waals surface area contributed by atoms with Gasteiger partial charge in [-0.15, -0.1) is 0 Å². The third-order valence-corrected chi connectivity index (χ3v) is 6.51. The van der Waals surface area contributed by atoms with Crippen LogP contribution in [0.25, 0.3) is 11.3 Å². The van der Waals surface area contributed by atoms with Crippen molar-refractivity contribution in [3.63, 3.8) is 0 Å². The molecule has 206 valence electrons. The Morgan fingerprint density at radius 3 is 2.25 bits per heavy atom. The molecule has 0 aliphatic heterocycles. The van der Waals surface area contributed by atoms with E-state index in [9.17, 15) is 24.6 Å². The summed E-state index contributed by atoms with van der Waals surface area (Å²) < 4.78 is 7.18. The Labute approximate surface area is 231 Å². The number of nitrogens with one attached hydrogen (secondary N) is 2. The Bertz CT molecular complexity index is 1500. The van der Waals surface area contributed by atoms with E-state index in [0.717, 1.165) is 5.56 Å². The van der Waals surface area contributed by atoms with Gasteiger partial charge in [0.2, 0.25) is 0 Å². The molecule has 10 nitrogen and oxygen atoms in total. The molecule has 0 spiro atoms. The number of amides is 2. The average Bonchev–Trinajstić information content (AvgIpc) is 3.22. The molecule has 1 aromatic heterocycles. The van der Waals surface area contributed by atoms with Gasteiger partial charge in [-0.25, -0.2) is 9.59 Å². The lowest BCUT2D eigenvalue weighted by molar-refractivity contribution is -0.139. The van der Waals surface area contributed by atoms with Gasteiger partial charge in [-0.05, 0) is 49.2 Å². The van der Waals surface area contributed by atoms with E-state index in [2.05, 4.69) is 15.7 Å². The molecule has 2 unspecified atom stereocenters. The van der Waals surface area contributed by atoms with E-state index in [-0.39, 0.29) is 17.7 Å². The molecule has 1 heterocycles. The van der Waals surface area contributed by atoms with Crippen LogP contribution in [0.3, 0.4) is 0 Å². The van der Waals surface area contributed by atoms with Gasteiger partial charge in [0.05, 0.1) is 11.4 Å². The molecule has 0 radical (unpaired) electrons. The molecule has 4 N–H and O–H groups in total. The number of phenols is 1. The number of aryl methyl sites for hydroxylation is 1. The van der Waals surface area contributed by atoms with Crippen LogP contribution in [0.5, 0.6) is 5.75 Å². The molecule has 2 atom stereocenters. The number of carbonyl (C=O) groups excluding carboxylic acids is 2. The molecule has 40 heavy (non-hydrogen) atoms. The second-order valence-corrected chi connectivity index (χ2v) is 9.33. The van der Waals surface area contributed by atoms with Gasteiger partial charge in [0.25, 0.3) is 5.91 Å². The van der Waals surface area contributed by atoms with Crippen LogP contribution < -0.4 is 10.6 Å². The Morgan fingerprint density at radius 1 is 0.975 bits per heavy atom. The summed E-state index contributed by atoms with van der Waals surface area (Å²) in [4.78, 5) is 37.3. The molecule has 0 saturated carbocycles. The van der Waals surface area contributed by atoms with Crippen molar-refractivity contribution in [3.05, 3.63) is 101 Å². The number of carboxylic acid groups (broad SMARTS) is 1. The topological polar surface area (TPSA) is 143 Å². The summed E-state index contributed by atoms with van der Waals surface area (Å²) in [6.07, 6.45) is -1.03. The quantitative estimate of drug-likeness (QED) is 0.237. The predicted molar refractivity (Wildman–Crippen MR) is 149 cm³/mol. The minimum absolute atomic E-state index is 0.0562. The van der Waals surface area contributed by atoms with Gasteiger partial charge in [-0.3, -0.25) is 14.8 Å². The number of nitrogens with zero attached hydrogens (tertiary/aromatic N) is 2. The normalized spacial score (nSPS) is 12.3. The number of hydrogen-bond acceptors (Lipinski definition) is 6. The van der Waals surface area contributed by atoms with Crippen LogP contribution in [0.2, 0.25) is 0 Å². The summed E-state index contributed by atoms with van der Waals surface area (Å²) >= 11 is 0. The number of carbonyl (C=O) groups is 3. The van der Waals surface area contributed by atoms with Gasteiger partial charge in [-0.1, -0.05) is 54.6 Å². The van der Waals surface area contributed by atoms with Gasteiger partial charge in [0.15, 0.2) is 0 Å². The largest absolute Gasteiger partial charge is 0.508 e. The van der Waals surface area contributed by atoms with E-state index in [1.54, 1.807) is 55.1 Å². The highest BCUT2D eigenvalue weighted by Gasteiger charge is 2.23. The molecule has 0 saturated heterocycles. The first-order chi connectivity index (χ1) is 19.1. The maximum atomic E-state index is 12.8. The number of hydrogen-bond donors (Lipinski definition) is 4. The van der Waals surface area contributed by atoms with E-state index in [0.29, 0.717) is 28.2 Å². The Balaban J connectivity index is 1.46. The summed E-state index contributed by atoms with van der Waals surface area (Å²) in [5.41, 5.74) is 4.10. The zero-order valence-corrected chi connectivity index (χ0v) is 22.3. The van der Waals surface area contributed by atoms with Crippen LogP contribution in [0, 0.1) is 6.92 Å². The molecule has 10 heteroatoms. The smallest absolute Gasteiger partial charge is 0.412 e. The number of ether oxygens (including phenoxy) is 1. The minimum Gasteiger partial charge on any atom is -0.508 e. The fraction of sp³-hybridized carbons (Fsp3) is 0.200. The molecule has 0 bridgehead atoms. The van der Waals surface area contributed by atoms with Crippen molar-refractivity contribution in [2.24, 2.45) is 7.05 Å². The summed E-state index contributed by atoms with van der Waals surface area (Å²) in [6, 6.07) is 20.8. The third-order valence-electron chi connectivity index (χ3n) is 6.51. The van der Waals surface area contributed by atoms with Crippen molar-refractivity contribution in [3.8, 4) is 17.0 Å². The fourth-order valence-electron chi connectivity index (χ4n) is 4.13. The maximum Gasteiger partial charge on any atom is 0.412 e. The highest BCUT2D eigenvalue weighted by atomic mass is 16.6. The van der Waals surface area contributed by atoms with Gasteiger partial charge < -0.3 is 20.3 Å². The van der Waals surface area contributed by atoms with Gasteiger partial charge in [0, 0.05) is 24.6 Å². The zero-order chi connectivity index (χ0) is 28.8. The van der Waals surface area contributed by atoms with Gasteiger partial charge >= 0.3 is 12.1 Å². The van der Waals surface area contributed by atoms with Crippen LogP contribution >= 0.6 is 0 Å². The summed E-state index contributed by atoms with van der Waals surface area (Å²) in [5.74, 6) is -1.65. The zero-order valence-electron chi connectivity index (χ0n) is 22.3. The maximum absolute atomic E-state index is 12.8. The van der Waals surface area contributed by atoms with Crippen LogP contribution in [0.4, 0.5) is 10.5 Å². The Hall–Kier alpha value is -5.12. The summed E-state index contributed by atoms with van der Waals surface area (Å²) in [6.45, 7) is 3.60. The van der Waals surface area contributed by atoms with Crippen molar-refractivity contribution < 1.29 is 29.3 Å². The lowest BCUT2D eigenvalue weighted by Crippen LogP contribution is -2.42. The number of aliphatic carboxylic acids is 1. The van der Waals surface area contributed by atoms with E-state index >= 15 is 0 Å². The van der Waals surface area contributed by atoms with Crippen molar-refractivity contribution in [1.29, 1.82) is 0 Å².